The van der Waals surface area contributed by atoms with Crippen molar-refractivity contribution in [3.05, 3.63) is 30.0 Å². The maximum Gasteiger partial charge on any atom is 0.225 e. The van der Waals surface area contributed by atoms with Gasteiger partial charge in [0.1, 0.15) is 6.33 Å². The molecule has 24 heavy (non-hydrogen) atoms. The molecule has 0 radical (unpaired) electrons. The van der Waals surface area contributed by atoms with Crippen LogP contribution in [-0.4, -0.2) is 47.8 Å². The Bertz CT molecular complexity index is 781. The maximum atomic E-state index is 12.6. The molecule has 1 aliphatic heterocycles. The summed E-state index contributed by atoms with van der Waals surface area (Å²) in [4.78, 5) is 23.2. The van der Waals surface area contributed by atoms with Crippen molar-refractivity contribution in [3.63, 3.8) is 0 Å². The molecule has 0 bridgehead atoms. The molecule has 0 atom stereocenters. The van der Waals surface area contributed by atoms with Crippen LogP contribution in [0.25, 0.3) is 11.3 Å². The average molecular weight is 327 g/mol. The van der Waals surface area contributed by atoms with E-state index in [4.69, 9.17) is 0 Å². The third-order valence-electron chi connectivity index (χ3n) is 5.10. The Morgan fingerprint density at radius 3 is 2.88 bits per heavy atom. The topological polar surface area (TPSA) is 84.1 Å². The van der Waals surface area contributed by atoms with Gasteiger partial charge in [-0.05, 0) is 19.3 Å². The lowest BCUT2D eigenvalue weighted by Gasteiger charge is -2.38. The second-order valence-electron chi connectivity index (χ2n) is 6.87. The Hall–Kier alpha value is -2.28. The quantitative estimate of drug-likeness (QED) is 0.911. The Balaban J connectivity index is 1.58. The van der Waals surface area contributed by atoms with Gasteiger partial charge in [0, 0.05) is 43.9 Å². The van der Waals surface area contributed by atoms with Gasteiger partial charge in [0.05, 0.1) is 29.6 Å². The molecule has 2 aliphatic rings. The number of aromatic nitrogens is 4. The molecule has 0 saturated heterocycles. The standard InChI is InChI=1S/C17H21N5O2/c1-21-9-12(8-20-21)16-13-10-22(6-3-14(13)18-11-19-16)15(23)7-17(24)4-2-5-17/h8-9,11,24H,2-7,10H2,1H3. The van der Waals surface area contributed by atoms with Gasteiger partial charge in [-0.25, -0.2) is 9.97 Å². The molecular formula is C17H21N5O2. The first-order valence-electron chi connectivity index (χ1n) is 8.36. The normalized spacial score (nSPS) is 18.8. The Kier molecular flexibility index (Phi) is 3.60. The van der Waals surface area contributed by atoms with Crippen LogP contribution in [0.2, 0.25) is 0 Å². The molecule has 0 unspecified atom stereocenters. The minimum absolute atomic E-state index is 0.0174. The van der Waals surface area contributed by atoms with Gasteiger partial charge in [0.15, 0.2) is 0 Å². The molecule has 2 aromatic rings. The molecule has 1 saturated carbocycles. The van der Waals surface area contributed by atoms with Gasteiger partial charge in [-0.15, -0.1) is 0 Å². The highest BCUT2D eigenvalue weighted by Gasteiger charge is 2.38. The number of carbonyl (C=O) groups excluding carboxylic acids is 1. The lowest BCUT2D eigenvalue weighted by Crippen LogP contribution is -2.45. The fourth-order valence-corrected chi connectivity index (χ4v) is 3.50. The SMILES string of the molecule is Cn1cc(-c2ncnc3c2CN(C(=O)CC2(O)CCC2)CC3)cn1. The van der Waals surface area contributed by atoms with Crippen LogP contribution in [0.5, 0.6) is 0 Å². The lowest BCUT2D eigenvalue weighted by molar-refractivity contribution is -0.141. The molecule has 126 valence electrons. The lowest BCUT2D eigenvalue weighted by atomic mass is 9.77. The van der Waals surface area contributed by atoms with E-state index in [1.165, 1.54) is 0 Å². The summed E-state index contributed by atoms with van der Waals surface area (Å²) < 4.78 is 1.74. The molecule has 0 spiro atoms. The first kappa shape index (κ1) is 15.3. The first-order chi connectivity index (χ1) is 11.5. The van der Waals surface area contributed by atoms with Gasteiger partial charge in [0.2, 0.25) is 5.91 Å². The summed E-state index contributed by atoms with van der Waals surface area (Å²) >= 11 is 0. The summed E-state index contributed by atoms with van der Waals surface area (Å²) in [5, 5.41) is 14.5. The van der Waals surface area contributed by atoms with Crippen molar-refractivity contribution in [2.24, 2.45) is 7.05 Å². The van der Waals surface area contributed by atoms with Gasteiger partial charge in [-0.2, -0.15) is 5.10 Å². The summed E-state index contributed by atoms with van der Waals surface area (Å²) in [6, 6.07) is 0. The maximum absolute atomic E-state index is 12.6. The van der Waals surface area contributed by atoms with Crippen molar-refractivity contribution in [1.29, 1.82) is 0 Å². The van der Waals surface area contributed by atoms with E-state index in [1.807, 2.05) is 18.1 Å². The molecule has 4 rings (SSSR count). The second kappa shape index (κ2) is 5.66. The number of aliphatic hydroxyl groups is 1. The van der Waals surface area contributed by atoms with Gasteiger partial charge >= 0.3 is 0 Å². The Labute approximate surface area is 140 Å². The third kappa shape index (κ3) is 2.69. The molecule has 7 nitrogen and oxygen atoms in total. The van der Waals surface area contributed by atoms with Crippen LogP contribution in [-0.2, 0) is 24.8 Å². The number of carbonyl (C=O) groups is 1. The van der Waals surface area contributed by atoms with Gasteiger partial charge in [-0.1, -0.05) is 0 Å². The van der Waals surface area contributed by atoms with Crippen LogP contribution >= 0.6 is 0 Å². The monoisotopic (exact) mass is 327 g/mol. The van der Waals surface area contributed by atoms with E-state index in [-0.39, 0.29) is 12.3 Å². The van der Waals surface area contributed by atoms with Crippen molar-refractivity contribution in [2.75, 3.05) is 6.54 Å². The number of hydrogen-bond acceptors (Lipinski definition) is 5. The van der Waals surface area contributed by atoms with E-state index >= 15 is 0 Å². The van der Waals surface area contributed by atoms with Crippen molar-refractivity contribution >= 4 is 5.91 Å². The van der Waals surface area contributed by atoms with Crippen LogP contribution in [0, 0.1) is 0 Å². The van der Waals surface area contributed by atoms with Crippen molar-refractivity contribution in [1.82, 2.24) is 24.6 Å². The van der Waals surface area contributed by atoms with E-state index in [2.05, 4.69) is 15.1 Å². The zero-order valence-corrected chi connectivity index (χ0v) is 13.8. The highest BCUT2D eigenvalue weighted by Crippen LogP contribution is 2.36. The predicted octanol–water partition coefficient (Wildman–Crippen LogP) is 1.07. The summed E-state index contributed by atoms with van der Waals surface area (Å²) in [5.41, 5.74) is 2.98. The van der Waals surface area contributed by atoms with E-state index in [0.717, 1.165) is 48.2 Å². The fourth-order valence-electron chi connectivity index (χ4n) is 3.50. The highest BCUT2D eigenvalue weighted by atomic mass is 16.3. The van der Waals surface area contributed by atoms with E-state index < -0.39 is 5.60 Å². The molecule has 1 aliphatic carbocycles. The molecule has 1 fully saturated rings. The molecule has 1 N–H and O–H groups in total. The van der Waals surface area contributed by atoms with Gasteiger partial charge in [-0.3, -0.25) is 9.48 Å². The number of hydrogen-bond donors (Lipinski definition) is 1. The van der Waals surface area contributed by atoms with E-state index in [0.29, 0.717) is 13.1 Å². The van der Waals surface area contributed by atoms with Crippen molar-refractivity contribution in [3.8, 4) is 11.3 Å². The summed E-state index contributed by atoms with van der Waals surface area (Å²) in [5.74, 6) is 0.0174. The number of fused-ring (bicyclic) bond motifs is 1. The molecule has 3 heterocycles. The summed E-state index contributed by atoms with van der Waals surface area (Å²) in [6.07, 6.45) is 8.68. The number of amides is 1. The number of rotatable bonds is 3. The molecule has 1 amide bonds. The van der Waals surface area contributed by atoms with Crippen LogP contribution in [0.1, 0.15) is 36.9 Å². The van der Waals surface area contributed by atoms with Crippen LogP contribution in [0.4, 0.5) is 0 Å². The third-order valence-corrected chi connectivity index (χ3v) is 5.10. The van der Waals surface area contributed by atoms with Crippen molar-refractivity contribution < 1.29 is 9.90 Å². The largest absolute Gasteiger partial charge is 0.389 e. The minimum atomic E-state index is -0.781. The predicted molar refractivity (Wildman–Crippen MR) is 86.8 cm³/mol. The number of aryl methyl sites for hydroxylation is 1. The Morgan fingerprint density at radius 1 is 1.38 bits per heavy atom. The highest BCUT2D eigenvalue weighted by molar-refractivity contribution is 5.78. The molecular weight excluding hydrogens is 306 g/mol. The molecule has 2 aromatic heterocycles. The van der Waals surface area contributed by atoms with Crippen LogP contribution in [0.15, 0.2) is 18.7 Å². The van der Waals surface area contributed by atoms with Crippen molar-refractivity contribution in [2.45, 2.75) is 44.2 Å². The van der Waals surface area contributed by atoms with Crippen LogP contribution < -0.4 is 0 Å². The van der Waals surface area contributed by atoms with Gasteiger partial charge < -0.3 is 10.0 Å². The Morgan fingerprint density at radius 2 is 2.21 bits per heavy atom. The molecule has 0 aromatic carbocycles. The zero-order valence-electron chi connectivity index (χ0n) is 13.8. The number of nitrogens with zero attached hydrogens (tertiary/aromatic N) is 5. The van der Waals surface area contributed by atoms with E-state index in [1.54, 1.807) is 17.2 Å². The smallest absolute Gasteiger partial charge is 0.225 e. The average Bonchev–Trinajstić information content (AvgIpc) is 2.98. The first-order valence-corrected chi connectivity index (χ1v) is 8.36. The summed E-state index contributed by atoms with van der Waals surface area (Å²) in [7, 11) is 1.87. The van der Waals surface area contributed by atoms with Gasteiger partial charge in [0.25, 0.3) is 0 Å². The van der Waals surface area contributed by atoms with E-state index in [9.17, 15) is 9.90 Å². The molecule has 7 heteroatoms. The second-order valence-corrected chi connectivity index (χ2v) is 6.87. The minimum Gasteiger partial charge on any atom is -0.389 e. The summed E-state index contributed by atoms with van der Waals surface area (Å²) in [6.45, 7) is 1.14. The zero-order chi connectivity index (χ0) is 16.7. The van der Waals surface area contributed by atoms with Crippen LogP contribution in [0.3, 0.4) is 0 Å². The fraction of sp³-hybridized carbons (Fsp3) is 0.529.